The summed E-state index contributed by atoms with van der Waals surface area (Å²) >= 11 is 0. The summed E-state index contributed by atoms with van der Waals surface area (Å²) < 4.78 is 0. The van der Waals surface area contributed by atoms with Crippen LogP contribution >= 0.6 is 0 Å². The number of hydrogen-bond donors (Lipinski definition) is 1. The summed E-state index contributed by atoms with van der Waals surface area (Å²) in [6.07, 6.45) is 1.33. The smallest absolute Gasteiger partial charge is 0.550 e. The molecule has 0 aromatic rings. The zero-order chi connectivity index (χ0) is 15.0. The topological polar surface area (TPSA) is 60.4 Å². The molecule has 3 nitrogen and oxygen atoms in total. The Morgan fingerprint density at radius 1 is 1.05 bits per heavy atom. The minimum absolute atomic E-state index is 0. The first-order chi connectivity index (χ1) is 8.43. The molecule has 1 N–H and O–H groups in total. The molecule has 0 radical (unpaired) electrons. The van der Waals surface area contributed by atoms with Gasteiger partial charge in [0.2, 0.25) is 0 Å². The molecule has 1 aliphatic carbocycles. The molecular formula is C16H29CsO3. The molecular weight excluding hydrogens is 373 g/mol. The molecule has 0 bridgehead atoms. The quantitative estimate of drug-likeness (QED) is 0.660. The van der Waals surface area contributed by atoms with Crippen molar-refractivity contribution in [1.29, 1.82) is 0 Å². The first kappa shape index (κ1) is 21.5. The molecule has 0 aliphatic heterocycles. The molecule has 1 fully saturated rings. The fourth-order valence-electron chi connectivity index (χ4n) is 3.51. The van der Waals surface area contributed by atoms with Gasteiger partial charge in [-0.25, -0.2) is 0 Å². The van der Waals surface area contributed by atoms with E-state index >= 15 is 0 Å². The van der Waals surface area contributed by atoms with Gasteiger partial charge in [-0.2, -0.15) is 0 Å². The van der Waals surface area contributed by atoms with Crippen molar-refractivity contribution in [3.8, 4) is 0 Å². The van der Waals surface area contributed by atoms with E-state index in [2.05, 4.69) is 41.5 Å². The molecule has 0 aromatic heterocycles. The third kappa shape index (κ3) is 5.94. The normalized spacial score (nSPS) is 31.6. The predicted molar refractivity (Wildman–Crippen MR) is 74.2 cm³/mol. The zero-order valence-corrected chi connectivity index (χ0v) is 20.5. The fourth-order valence-corrected chi connectivity index (χ4v) is 3.51. The van der Waals surface area contributed by atoms with Crippen molar-refractivity contribution >= 4 is 5.97 Å². The van der Waals surface area contributed by atoms with E-state index in [-0.39, 0.29) is 110 Å². The van der Waals surface area contributed by atoms with Gasteiger partial charge in [0.15, 0.2) is 0 Å². The molecule has 2 atom stereocenters. The second-order valence-corrected chi connectivity index (χ2v) is 8.35. The van der Waals surface area contributed by atoms with Gasteiger partial charge >= 0.3 is 68.9 Å². The van der Waals surface area contributed by atoms with Crippen LogP contribution in [0.1, 0.15) is 60.8 Å². The average Bonchev–Trinajstić information content (AvgIpc) is 2.16. The predicted octanol–water partition coefficient (Wildman–Crippen LogP) is -0.774. The van der Waals surface area contributed by atoms with Gasteiger partial charge in [-0.05, 0) is 47.8 Å². The van der Waals surface area contributed by atoms with Crippen LogP contribution < -0.4 is 74.0 Å². The van der Waals surface area contributed by atoms with Gasteiger partial charge in [-0.1, -0.05) is 41.5 Å². The van der Waals surface area contributed by atoms with Crippen LogP contribution in [0.4, 0.5) is 0 Å². The van der Waals surface area contributed by atoms with Crippen molar-refractivity contribution in [1.82, 2.24) is 0 Å². The van der Waals surface area contributed by atoms with E-state index in [1.54, 1.807) is 0 Å². The monoisotopic (exact) mass is 402 g/mol. The van der Waals surface area contributed by atoms with Crippen LogP contribution in [0.15, 0.2) is 0 Å². The minimum Gasteiger partial charge on any atom is -0.550 e. The van der Waals surface area contributed by atoms with Crippen LogP contribution in [0, 0.1) is 28.6 Å². The first-order valence-corrected chi connectivity index (χ1v) is 7.31. The van der Waals surface area contributed by atoms with Crippen molar-refractivity contribution in [2.24, 2.45) is 28.6 Å². The number of aliphatic carboxylic acids is 1. The number of aliphatic hydroxyl groups is 1. The van der Waals surface area contributed by atoms with E-state index in [1.165, 1.54) is 0 Å². The fraction of sp³-hybridized carbons (Fsp3) is 0.938. The maximum Gasteiger partial charge on any atom is 1.00 e. The van der Waals surface area contributed by atoms with E-state index in [4.69, 9.17) is 0 Å². The van der Waals surface area contributed by atoms with Crippen LogP contribution in [0.3, 0.4) is 0 Å². The second-order valence-electron chi connectivity index (χ2n) is 8.35. The number of carboxylic acid groups (broad SMARTS) is 1. The molecule has 1 saturated carbocycles. The SMILES string of the molecule is CC(C)(C)C1CC(CC(=O)[O-])CC(C(C)(C)C)C1O.[Cs+]. The van der Waals surface area contributed by atoms with Crippen molar-refractivity contribution < 1.29 is 83.9 Å². The molecule has 112 valence electrons. The third-order valence-electron chi connectivity index (χ3n) is 4.68. The Labute approximate surface area is 182 Å². The molecule has 0 amide bonds. The number of carbonyl (C=O) groups excluding carboxylic acids is 1. The number of hydrogen-bond acceptors (Lipinski definition) is 3. The summed E-state index contributed by atoms with van der Waals surface area (Å²) in [5.41, 5.74) is -0.0129. The molecule has 20 heavy (non-hydrogen) atoms. The zero-order valence-electron chi connectivity index (χ0n) is 14.2. The third-order valence-corrected chi connectivity index (χ3v) is 4.68. The van der Waals surface area contributed by atoms with E-state index in [0.717, 1.165) is 12.8 Å². The first-order valence-electron chi connectivity index (χ1n) is 7.31. The molecule has 2 unspecified atom stereocenters. The number of carbonyl (C=O) groups is 1. The van der Waals surface area contributed by atoms with E-state index in [9.17, 15) is 15.0 Å². The average molecular weight is 402 g/mol. The molecule has 0 saturated heterocycles. The Hall–Kier alpha value is 1.48. The van der Waals surface area contributed by atoms with Gasteiger partial charge in [0.25, 0.3) is 0 Å². The van der Waals surface area contributed by atoms with Crippen molar-refractivity contribution in [2.45, 2.75) is 66.9 Å². The van der Waals surface area contributed by atoms with Gasteiger partial charge in [0, 0.05) is 5.97 Å². The van der Waals surface area contributed by atoms with E-state index in [1.807, 2.05) is 0 Å². The standard InChI is InChI=1S/C16H30O3.Cs/c1-15(2,3)11-7-10(9-13(17)18)8-12(14(11)19)16(4,5)6;/h10-12,14,19H,7-9H2,1-6H3,(H,17,18);/q;+1/p-1. The Morgan fingerprint density at radius 2 is 1.40 bits per heavy atom. The number of carboxylic acids is 1. The van der Waals surface area contributed by atoms with Crippen molar-refractivity contribution in [3.05, 3.63) is 0 Å². The Balaban J connectivity index is 0.00000361. The maximum absolute atomic E-state index is 10.9. The van der Waals surface area contributed by atoms with Crippen molar-refractivity contribution in [3.63, 3.8) is 0 Å². The molecule has 0 spiro atoms. The molecule has 0 aromatic carbocycles. The summed E-state index contributed by atoms with van der Waals surface area (Å²) in [7, 11) is 0. The van der Waals surface area contributed by atoms with Crippen molar-refractivity contribution in [2.75, 3.05) is 0 Å². The Morgan fingerprint density at radius 3 is 1.65 bits per heavy atom. The molecule has 4 heteroatoms. The van der Waals surface area contributed by atoms with Gasteiger partial charge in [-0.3, -0.25) is 0 Å². The van der Waals surface area contributed by atoms with Crippen LogP contribution in [0.25, 0.3) is 0 Å². The van der Waals surface area contributed by atoms with Gasteiger partial charge in [0.05, 0.1) is 6.10 Å². The summed E-state index contributed by atoms with van der Waals surface area (Å²) in [6, 6.07) is 0. The number of aliphatic hydroxyl groups excluding tert-OH is 1. The Kier molecular flexibility index (Phi) is 8.42. The minimum atomic E-state index is -0.971. The number of rotatable bonds is 2. The van der Waals surface area contributed by atoms with Crippen LogP contribution in [-0.2, 0) is 4.79 Å². The molecule has 1 rings (SSSR count). The van der Waals surface area contributed by atoms with E-state index < -0.39 is 5.97 Å². The summed E-state index contributed by atoms with van der Waals surface area (Å²) in [4.78, 5) is 10.9. The van der Waals surface area contributed by atoms with Crippen LogP contribution in [0.2, 0.25) is 0 Å². The van der Waals surface area contributed by atoms with Crippen LogP contribution in [0.5, 0.6) is 0 Å². The van der Waals surface area contributed by atoms with Gasteiger partial charge in [0.1, 0.15) is 0 Å². The van der Waals surface area contributed by atoms with E-state index in [0.29, 0.717) is 0 Å². The second kappa shape index (κ2) is 7.84. The van der Waals surface area contributed by atoms with Gasteiger partial charge < -0.3 is 15.0 Å². The summed E-state index contributed by atoms with van der Waals surface area (Å²) in [5, 5.41) is 21.6. The van der Waals surface area contributed by atoms with Gasteiger partial charge in [-0.15, -0.1) is 0 Å². The summed E-state index contributed by atoms with van der Waals surface area (Å²) in [6.45, 7) is 12.8. The maximum atomic E-state index is 10.9. The largest absolute Gasteiger partial charge is 1.00 e. The Bertz CT molecular complexity index is 304. The summed E-state index contributed by atoms with van der Waals surface area (Å²) in [5.74, 6) is -0.548. The molecule has 1 aliphatic rings. The van der Waals surface area contributed by atoms with Crippen LogP contribution in [-0.4, -0.2) is 17.2 Å². The molecule has 0 heterocycles.